The van der Waals surface area contributed by atoms with Crippen LogP contribution in [0.5, 0.6) is 0 Å². The van der Waals surface area contributed by atoms with Crippen LogP contribution < -0.4 is 0 Å². The molecule has 7 rings (SSSR count). The van der Waals surface area contributed by atoms with Gasteiger partial charge in [0.15, 0.2) is 0 Å². The molecule has 0 amide bonds. The van der Waals surface area contributed by atoms with Gasteiger partial charge in [0.1, 0.15) is 11.2 Å². The molecule has 34 heavy (non-hydrogen) atoms. The molecule has 0 aliphatic rings. The molecule has 2 heterocycles. The van der Waals surface area contributed by atoms with Crippen LogP contribution in [0.1, 0.15) is 0 Å². The van der Waals surface area contributed by atoms with E-state index in [0.29, 0.717) is 0 Å². The van der Waals surface area contributed by atoms with Crippen molar-refractivity contribution in [1.82, 2.24) is 0 Å². The Morgan fingerprint density at radius 2 is 0.971 bits per heavy atom. The summed E-state index contributed by atoms with van der Waals surface area (Å²) >= 11 is 1.87. The number of benzene rings is 5. The zero-order valence-corrected chi connectivity index (χ0v) is 19.2. The molecule has 2 aromatic heterocycles. The normalized spacial score (nSPS) is 11.5. The van der Waals surface area contributed by atoms with Gasteiger partial charge in [-0.05, 0) is 23.3 Å². The molecule has 0 aliphatic carbocycles. The lowest BCUT2D eigenvalue weighted by molar-refractivity contribution is 0.669. The zero-order valence-electron chi connectivity index (χ0n) is 18.4. The smallest absolute Gasteiger partial charge is 0.136 e. The molecule has 0 saturated heterocycles. The van der Waals surface area contributed by atoms with Crippen molar-refractivity contribution in [3.05, 3.63) is 121 Å². The Balaban J connectivity index is 1.54. The molecule has 0 spiro atoms. The fraction of sp³-hybridized carbons (Fsp3) is 0. The molecule has 1 nitrogen and oxygen atoms in total. The third-order valence-corrected chi connectivity index (χ3v) is 7.81. The van der Waals surface area contributed by atoms with E-state index >= 15 is 0 Å². The Labute approximate surface area is 201 Å². The number of thiophene rings is 1. The van der Waals surface area contributed by atoms with Gasteiger partial charge in [-0.3, -0.25) is 0 Å². The second-order valence-corrected chi connectivity index (χ2v) is 9.52. The van der Waals surface area contributed by atoms with Crippen molar-refractivity contribution in [2.75, 3.05) is 0 Å². The first kappa shape index (κ1) is 19.3. The van der Waals surface area contributed by atoms with Crippen molar-refractivity contribution in [2.45, 2.75) is 0 Å². The van der Waals surface area contributed by atoms with Crippen LogP contribution in [-0.4, -0.2) is 0 Å². The van der Waals surface area contributed by atoms with Crippen LogP contribution in [0.2, 0.25) is 0 Å². The van der Waals surface area contributed by atoms with Crippen LogP contribution in [0.15, 0.2) is 126 Å². The number of rotatable bonds is 3. The van der Waals surface area contributed by atoms with Crippen LogP contribution in [0.4, 0.5) is 0 Å². The van der Waals surface area contributed by atoms with Crippen LogP contribution in [0, 0.1) is 0 Å². The molecule has 0 fully saturated rings. The first-order valence-corrected chi connectivity index (χ1v) is 12.3. The summed E-state index contributed by atoms with van der Waals surface area (Å²) in [6.45, 7) is 0. The summed E-state index contributed by atoms with van der Waals surface area (Å²) in [5.41, 5.74) is 6.86. The van der Waals surface area contributed by atoms with Crippen molar-refractivity contribution < 1.29 is 4.42 Å². The van der Waals surface area contributed by atoms with Gasteiger partial charge in [-0.1, -0.05) is 109 Å². The molecule has 0 unspecified atom stereocenters. The van der Waals surface area contributed by atoms with Gasteiger partial charge in [-0.15, -0.1) is 11.3 Å². The van der Waals surface area contributed by atoms with Gasteiger partial charge >= 0.3 is 0 Å². The minimum Gasteiger partial charge on any atom is -0.456 e. The van der Waals surface area contributed by atoms with E-state index in [-0.39, 0.29) is 0 Å². The van der Waals surface area contributed by atoms with Gasteiger partial charge in [-0.25, -0.2) is 0 Å². The lowest BCUT2D eigenvalue weighted by Crippen LogP contribution is -1.82. The zero-order chi connectivity index (χ0) is 22.5. The average Bonchev–Trinajstić information content (AvgIpc) is 3.48. The van der Waals surface area contributed by atoms with Crippen LogP contribution in [-0.2, 0) is 0 Å². The SMILES string of the molecule is c1ccc(-c2ccccc2-c2sc(-c3cccc4oc5ccccc5c34)c3ccccc23)cc1. The van der Waals surface area contributed by atoms with Gasteiger partial charge in [0.2, 0.25) is 0 Å². The average molecular weight is 453 g/mol. The minimum absolute atomic E-state index is 0.931. The van der Waals surface area contributed by atoms with Gasteiger partial charge in [0, 0.05) is 42.4 Å². The van der Waals surface area contributed by atoms with Crippen molar-refractivity contribution in [3.63, 3.8) is 0 Å². The van der Waals surface area contributed by atoms with E-state index in [0.717, 1.165) is 16.6 Å². The summed E-state index contributed by atoms with van der Waals surface area (Å²) in [5, 5.41) is 4.92. The third-order valence-electron chi connectivity index (χ3n) is 6.52. The molecular weight excluding hydrogens is 432 g/mol. The number of hydrogen-bond donors (Lipinski definition) is 0. The number of hydrogen-bond acceptors (Lipinski definition) is 2. The summed E-state index contributed by atoms with van der Waals surface area (Å²) in [6.07, 6.45) is 0. The highest BCUT2D eigenvalue weighted by Crippen LogP contribution is 2.49. The number of fused-ring (bicyclic) bond motifs is 4. The van der Waals surface area contributed by atoms with E-state index < -0.39 is 0 Å². The molecule has 0 N–H and O–H groups in total. The van der Waals surface area contributed by atoms with Gasteiger partial charge < -0.3 is 4.42 Å². The standard InChI is InChI=1S/C32H20OS/c1-2-11-21(12-3-1)22-13-4-5-14-23(22)31-24-15-6-7-16-25(24)32(34-31)27-18-10-20-29-30(27)26-17-8-9-19-28(26)33-29/h1-20H. The quantitative estimate of drug-likeness (QED) is 0.260. The first-order valence-electron chi connectivity index (χ1n) is 11.5. The molecular formula is C32H20OS. The molecule has 5 aromatic carbocycles. The molecule has 0 bridgehead atoms. The number of furan rings is 1. The lowest BCUT2D eigenvalue weighted by atomic mass is 9.96. The van der Waals surface area contributed by atoms with Crippen molar-refractivity contribution in [2.24, 2.45) is 0 Å². The van der Waals surface area contributed by atoms with Crippen LogP contribution in [0.25, 0.3) is 64.7 Å². The minimum atomic E-state index is 0.931. The fourth-order valence-corrected chi connectivity index (χ4v) is 6.35. The maximum absolute atomic E-state index is 6.20. The van der Waals surface area contributed by atoms with Crippen molar-refractivity contribution >= 4 is 44.0 Å². The Morgan fingerprint density at radius 3 is 1.76 bits per heavy atom. The predicted octanol–water partition coefficient (Wildman–Crippen LogP) is 9.80. The second kappa shape index (κ2) is 7.72. The summed E-state index contributed by atoms with van der Waals surface area (Å²) in [7, 11) is 0. The van der Waals surface area contributed by atoms with Gasteiger partial charge in [-0.2, -0.15) is 0 Å². The van der Waals surface area contributed by atoms with E-state index in [2.05, 4.69) is 109 Å². The van der Waals surface area contributed by atoms with E-state index in [1.165, 1.54) is 48.2 Å². The summed E-state index contributed by atoms with van der Waals surface area (Å²) in [5.74, 6) is 0. The van der Waals surface area contributed by atoms with Gasteiger partial charge in [0.25, 0.3) is 0 Å². The maximum Gasteiger partial charge on any atom is 0.136 e. The first-order chi connectivity index (χ1) is 16.9. The van der Waals surface area contributed by atoms with Crippen LogP contribution in [0.3, 0.4) is 0 Å². The molecule has 2 heteroatoms. The highest BCUT2D eigenvalue weighted by Gasteiger charge is 2.20. The number of para-hydroxylation sites is 1. The Morgan fingerprint density at radius 1 is 0.412 bits per heavy atom. The fourth-order valence-electron chi connectivity index (χ4n) is 5.01. The van der Waals surface area contributed by atoms with E-state index in [9.17, 15) is 0 Å². The molecule has 7 aromatic rings. The molecule has 0 saturated carbocycles. The monoisotopic (exact) mass is 452 g/mol. The molecule has 160 valence electrons. The summed E-state index contributed by atoms with van der Waals surface area (Å²) < 4.78 is 6.20. The largest absolute Gasteiger partial charge is 0.456 e. The molecule has 0 radical (unpaired) electrons. The topological polar surface area (TPSA) is 13.1 Å². The van der Waals surface area contributed by atoms with E-state index in [1.54, 1.807) is 0 Å². The molecule has 0 atom stereocenters. The second-order valence-electron chi connectivity index (χ2n) is 8.49. The summed E-state index contributed by atoms with van der Waals surface area (Å²) in [4.78, 5) is 2.58. The lowest BCUT2D eigenvalue weighted by Gasteiger charge is -2.09. The third kappa shape index (κ3) is 2.93. The van der Waals surface area contributed by atoms with E-state index in [4.69, 9.17) is 4.42 Å². The highest BCUT2D eigenvalue weighted by atomic mass is 32.1. The van der Waals surface area contributed by atoms with Crippen molar-refractivity contribution in [3.8, 4) is 32.0 Å². The molecule has 0 aliphatic heterocycles. The summed E-state index contributed by atoms with van der Waals surface area (Å²) in [6, 6.07) is 42.9. The van der Waals surface area contributed by atoms with Gasteiger partial charge in [0.05, 0.1) is 0 Å². The maximum atomic E-state index is 6.20. The highest BCUT2D eigenvalue weighted by molar-refractivity contribution is 7.21. The predicted molar refractivity (Wildman–Crippen MR) is 145 cm³/mol. The Hall–Kier alpha value is -4.14. The van der Waals surface area contributed by atoms with Crippen molar-refractivity contribution in [1.29, 1.82) is 0 Å². The Bertz CT molecular complexity index is 1800. The van der Waals surface area contributed by atoms with E-state index in [1.807, 2.05) is 23.5 Å². The van der Waals surface area contributed by atoms with Crippen LogP contribution >= 0.6 is 11.3 Å². The Kier molecular flexibility index (Phi) is 4.39.